The van der Waals surface area contributed by atoms with E-state index in [1.165, 1.54) is 26.4 Å². The molecule has 0 saturated carbocycles. The molecule has 0 unspecified atom stereocenters. The number of hydrogen-bond acceptors (Lipinski definition) is 8. The van der Waals surface area contributed by atoms with Crippen LogP contribution in [-0.2, 0) is 38.6 Å². The third-order valence-electron chi connectivity index (χ3n) is 5.62. The van der Waals surface area contributed by atoms with Gasteiger partial charge in [0.2, 0.25) is 10.0 Å². The van der Waals surface area contributed by atoms with Crippen molar-refractivity contribution < 1.29 is 37.0 Å². The topological polar surface area (TPSA) is 108 Å². The van der Waals surface area contributed by atoms with E-state index in [2.05, 4.69) is 0 Å². The molecule has 0 spiro atoms. The summed E-state index contributed by atoms with van der Waals surface area (Å²) in [4.78, 5) is 25.3. The molecule has 1 aromatic carbocycles. The molecular weight excluding hydrogens is 414 g/mol. The number of sulfonamides is 1. The van der Waals surface area contributed by atoms with Crippen molar-refractivity contribution in [1.82, 2.24) is 4.31 Å². The normalized spacial score (nSPS) is 29.8. The maximum Gasteiger partial charge on any atom is 0.336 e. The van der Waals surface area contributed by atoms with Crippen LogP contribution in [0.5, 0.6) is 0 Å². The monoisotopic (exact) mass is 437 g/mol. The van der Waals surface area contributed by atoms with E-state index in [0.717, 1.165) is 9.87 Å². The number of hydrogen-bond donors (Lipinski definition) is 0. The first kappa shape index (κ1) is 21.0. The second-order valence-electron chi connectivity index (χ2n) is 7.91. The van der Waals surface area contributed by atoms with Crippen LogP contribution >= 0.6 is 0 Å². The lowest BCUT2D eigenvalue weighted by Crippen LogP contribution is -2.43. The van der Waals surface area contributed by atoms with Gasteiger partial charge in [0.25, 0.3) is 0 Å². The molecule has 2 bridgehead atoms. The van der Waals surface area contributed by atoms with Crippen molar-refractivity contribution in [2.75, 3.05) is 14.2 Å². The molecule has 0 N–H and O–H groups in total. The van der Waals surface area contributed by atoms with Gasteiger partial charge < -0.3 is 18.9 Å². The van der Waals surface area contributed by atoms with E-state index in [1.807, 2.05) is 6.92 Å². The number of ether oxygens (including phenoxy) is 4. The number of rotatable bonds is 4. The number of methoxy groups -OCH3 is 2. The van der Waals surface area contributed by atoms with Crippen molar-refractivity contribution >= 4 is 22.0 Å². The van der Waals surface area contributed by atoms with Crippen LogP contribution in [0.3, 0.4) is 0 Å². The summed E-state index contributed by atoms with van der Waals surface area (Å²) in [6.45, 7) is 5.23. The first-order chi connectivity index (χ1) is 14.0. The molecule has 4 atom stereocenters. The third-order valence-corrected chi connectivity index (χ3v) is 7.50. The molecule has 2 saturated heterocycles. The number of aryl methyl sites for hydroxylation is 1. The van der Waals surface area contributed by atoms with Crippen molar-refractivity contribution in [1.29, 1.82) is 0 Å². The summed E-state index contributed by atoms with van der Waals surface area (Å²) < 4.78 is 50.0. The van der Waals surface area contributed by atoms with Crippen LogP contribution in [0.2, 0.25) is 0 Å². The van der Waals surface area contributed by atoms with Gasteiger partial charge in [-0.2, -0.15) is 4.31 Å². The van der Waals surface area contributed by atoms with Gasteiger partial charge in [0.1, 0.15) is 12.2 Å². The molecule has 3 aliphatic heterocycles. The average molecular weight is 437 g/mol. The van der Waals surface area contributed by atoms with E-state index in [0.29, 0.717) is 0 Å². The summed E-state index contributed by atoms with van der Waals surface area (Å²) in [6, 6.07) is 4.18. The number of carbonyl (C=O) groups is 2. The summed E-state index contributed by atoms with van der Waals surface area (Å²) in [5.41, 5.74) is 0.743. The van der Waals surface area contributed by atoms with Crippen molar-refractivity contribution in [2.24, 2.45) is 0 Å². The Bertz CT molecular complexity index is 999. The van der Waals surface area contributed by atoms with Crippen LogP contribution in [0.1, 0.15) is 19.4 Å². The number of nitrogens with zero attached hydrogens (tertiary/aromatic N) is 1. The Morgan fingerprint density at radius 1 is 0.933 bits per heavy atom. The Kier molecular flexibility index (Phi) is 4.81. The van der Waals surface area contributed by atoms with Crippen LogP contribution in [0.25, 0.3) is 0 Å². The van der Waals surface area contributed by atoms with Crippen molar-refractivity contribution in [3.63, 3.8) is 0 Å². The van der Waals surface area contributed by atoms with Gasteiger partial charge in [0.05, 0.1) is 42.3 Å². The molecule has 3 aliphatic rings. The summed E-state index contributed by atoms with van der Waals surface area (Å²) in [5, 5.41) is 0. The molecule has 4 rings (SSSR count). The summed E-state index contributed by atoms with van der Waals surface area (Å²) in [5.74, 6) is -2.62. The van der Waals surface area contributed by atoms with Gasteiger partial charge in [0.15, 0.2) is 5.79 Å². The molecule has 3 heterocycles. The molecular formula is C20H23NO8S. The number of benzene rings is 1. The van der Waals surface area contributed by atoms with E-state index in [4.69, 9.17) is 18.9 Å². The lowest BCUT2D eigenvalue weighted by atomic mass is 9.87. The first-order valence-corrected chi connectivity index (χ1v) is 10.8. The quantitative estimate of drug-likeness (QED) is 0.640. The van der Waals surface area contributed by atoms with Crippen LogP contribution in [0, 0.1) is 6.92 Å². The molecule has 9 nitrogen and oxygen atoms in total. The number of carbonyl (C=O) groups excluding carboxylic acids is 2. The Morgan fingerprint density at radius 3 is 1.77 bits per heavy atom. The molecule has 0 amide bonds. The summed E-state index contributed by atoms with van der Waals surface area (Å²) in [7, 11) is -1.77. The zero-order valence-corrected chi connectivity index (χ0v) is 18.1. The fourth-order valence-electron chi connectivity index (χ4n) is 4.48. The third kappa shape index (κ3) is 2.89. The van der Waals surface area contributed by atoms with E-state index in [1.54, 1.807) is 26.0 Å². The predicted molar refractivity (Wildman–Crippen MR) is 103 cm³/mol. The van der Waals surface area contributed by atoms with Gasteiger partial charge in [-0.1, -0.05) is 17.7 Å². The van der Waals surface area contributed by atoms with Gasteiger partial charge in [-0.3, -0.25) is 0 Å². The van der Waals surface area contributed by atoms with Crippen molar-refractivity contribution in [3.05, 3.63) is 41.0 Å². The summed E-state index contributed by atoms with van der Waals surface area (Å²) >= 11 is 0. The first-order valence-electron chi connectivity index (χ1n) is 9.40. The zero-order chi connectivity index (χ0) is 22.0. The highest BCUT2D eigenvalue weighted by Gasteiger charge is 2.69. The smallest absolute Gasteiger partial charge is 0.336 e. The second-order valence-corrected chi connectivity index (χ2v) is 9.76. The lowest BCUT2D eigenvalue weighted by Gasteiger charge is -2.28. The van der Waals surface area contributed by atoms with Crippen LogP contribution < -0.4 is 0 Å². The van der Waals surface area contributed by atoms with Crippen molar-refractivity contribution in [2.45, 2.75) is 55.7 Å². The standard InChI is InChI=1S/C20H23NO8S/c1-10-6-8-11(9-7-10)30(24,25)21-14-12(18(22)26-4)13(19(23)27-5)15(21)17-16(14)28-20(2,3)29-17/h6-9,14-17H,1-5H3/t14-,15+,16-,17+. The fraction of sp³-hybridized carbons (Fsp3) is 0.500. The lowest BCUT2D eigenvalue weighted by molar-refractivity contribution is -0.159. The SMILES string of the molecule is COC(=O)C1=C(C(=O)OC)[C@H]2[C@@H]3OC(C)(C)O[C@@H]3[C@@H]1N2S(=O)(=O)c1ccc(C)cc1. The molecule has 1 aromatic rings. The van der Waals surface area contributed by atoms with Crippen LogP contribution in [-0.4, -0.2) is 69.0 Å². The largest absolute Gasteiger partial charge is 0.466 e. The molecule has 0 radical (unpaired) electrons. The minimum Gasteiger partial charge on any atom is -0.466 e. The van der Waals surface area contributed by atoms with Gasteiger partial charge in [-0.15, -0.1) is 0 Å². The van der Waals surface area contributed by atoms with Crippen LogP contribution in [0.15, 0.2) is 40.3 Å². The summed E-state index contributed by atoms with van der Waals surface area (Å²) in [6.07, 6.45) is -1.54. The van der Waals surface area contributed by atoms with Crippen LogP contribution in [0.4, 0.5) is 0 Å². The van der Waals surface area contributed by atoms with E-state index < -0.39 is 52.0 Å². The fourth-order valence-corrected chi connectivity index (χ4v) is 6.25. The van der Waals surface area contributed by atoms with Gasteiger partial charge in [0, 0.05) is 0 Å². The Labute approximate surface area is 174 Å². The van der Waals surface area contributed by atoms with E-state index >= 15 is 0 Å². The minimum atomic E-state index is -4.10. The van der Waals surface area contributed by atoms with Gasteiger partial charge in [-0.25, -0.2) is 18.0 Å². The highest BCUT2D eigenvalue weighted by atomic mass is 32.2. The predicted octanol–water partition coefficient (Wildman–Crippen LogP) is 0.913. The van der Waals surface area contributed by atoms with Gasteiger partial charge in [-0.05, 0) is 32.9 Å². The van der Waals surface area contributed by atoms with E-state index in [9.17, 15) is 18.0 Å². The minimum absolute atomic E-state index is 0.0395. The highest BCUT2D eigenvalue weighted by Crippen LogP contribution is 2.52. The molecule has 0 aromatic heterocycles. The zero-order valence-electron chi connectivity index (χ0n) is 17.2. The Hall–Kier alpha value is -2.27. The van der Waals surface area contributed by atoms with E-state index in [-0.39, 0.29) is 16.0 Å². The maximum absolute atomic E-state index is 13.6. The molecule has 2 fully saturated rings. The maximum atomic E-state index is 13.6. The molecule has 10 heteroatoms. The Morgan fingerprint density at radius 2 is 1.37 bits per heavy atom. The molecule has 0 aliphatic carbocycles. The number of fused-ring (bicyclic) bond motifs is 5. The number of esters is 2. The average Bonchev–Trinajstić information content (AvgIpc) is 3.30. The Balaban J connectivity index is 1.89. The highest BCUT2D eigenvalue weighted by molar-refractivity contribution is 7.89. The second kappa shape index (κ2) is 6.88. The van der Waals surface area contributed by atoms with Gasteiger partial charge >= 0.3 is 11.9 Å². The molecule has 162 valence electrons. The molecule has 30 heavy (non-hydrogen) atoms. The van der Waals surface area contributed by atoms with Crippen molar-refractivity contribution in [3.8, 4) is 0 Å².